The number of nitrogens with zero attached hydrogens (tertiary/aromatic N) is 3. The molecule has 1 aromatic carbocycles. The van der Waals surface area contributed by atoms with Gasteiger partial charge in [-0.3, -0.25) is 9.59 Å². The van der Waals surface area contributed by atoms with Crippen molar-refractivity contribution in [2.75, 3.05) is 6.54 Å². The molecule has 222 valence electrons. The van der Waals surface area contributed by atoms with Crippen molar-refractivity contribution in [2.24, 2.45) is 17.3 Å². The number of carbonyl (C=O) groups excluding carboxylic acids is 3. The fourth-order valence-electron chi connectivity index (χ4n) is 6.65. The van der Waals surface area contributed by atoms with Gasteiger partial charge in [0.25, 0.3) is 0 Å². The van der Waals surface area contributed by atoms with Crippen molar-refractivity contribution in [1.82, 2.24) is 20.2 Å². The summed E-state index contributed by atoms with van der Waals surface area (Å²) >= 11 is 0. The van der Waals surface area contributed by atoms with Crippen LogP contribution in [0.25, 0.3) is 11.0 Å². The number of ether oxygens (including phenoxy) is 2. The van der Waals surface area contributed by atoms with Crippen molar-refractivity contribution in [3.63, 3.8) is 0 Å². The van der Waals surface area contributed by atoms with E-state index < -0.39 is 35.3 Å². The average Bonchev–Trinajstić information content (AvgIpc) is 3.38. The summed E-state index contributed by atoms with van der Waals surface area (Å²) in [6.45, 7) is 11.4. The number of hydrogen-bond acceptors (Lipinski definition) is 7. The standard InChI is InChI=1S/C32H44N4O5/c1-7-21-25-18-36(26(21)19(2)37)29(38)27(31(3,4)5)35-30(39)41-32(6)17-20(32)13-9-8-10-16-24-28(40-25)34-23-15-12-11-14-22(23)33-24/h11-12,14-15,20-21,25-27H,7-10,13,16-18H2,1-6H3,(H,35,39)/t20-,21-,25+,26-,27-,32-/m1/s1. The molecule has 1 saturated heterocycles. The van der Waals surface area contributed by atoms with Crippen LogP contribution in [0, 0.1) is 17.3 Å². The number of carbonyl (C=O) groups is 3. The van der Waals surface area contributed by atoms with Gasteiger partial charge in [-0.25, -0.2) is 14.8 Å². The molecular weight excluding hydrogens is 520 g/mol. The van der Waals surface area contributed by atoms with Crippen LogP contribution < -0.4 is 10.1 Å². The molecule has 1 saturated carbocycles. The van der Waals surface area contributed by atoms with Crippen LogP contribution in [0.4, 0.5) is 4.79 Å². The minimum atomic E-state index is -0.871. The zero-order valence-electron chi connectivity index (χ0n) is 25.2. The Kier molecular flexibility index (Phi) is 8.01. The number of amides is 2. The Balaban J connectivity index is 1.53. The summed E-state index contributed by atoms with van der Waals surface area (Å²) in [6.07, 6.45) is 5.13. The second-order valence-corrected chi connectivity index (χ2v) is 13.4. The van der Waals surface area contributed by atoms with Gasteiger partial charge in [0, 0.05) is 11.8 Å². The molecule has 2 aromatic rings. The van der Waals surface area contributed by atoms with E-state index in [9.17, 15) is 14.4 Å². The summed E-state index contributed by atoms with van der Waals surface area (Å²) in [5.74, 6) is 0.160. The summed E-state index contributed by atoms with van der Waals surface area (Å²) in [5.41, 5.74) is 1.25. The van der Waals surface area contributed by atoms with Crippen LogP contribution in [-0.4, -0.2) is 63.0 Å². The molecule has 3 heterocycles. The summed E-state index contributed by atoms with van der Waals surface area (Å²) in [5, 5.41) is 2.88. The number of para-hydroxylation sites is 2. The van der Waals surface area contributed by atoms with E-state index in [0.29, 0.717) is 18.2 Å². The largest absolute Gasteiger partial charge is 0.471 e. The van der Waals surface area contributed by atoms with Crippen molar-refractivity contribution in [3.05, 3.63) is 30.0 Å². The first-order chi connectivity index (χ1) is 19.4. The molecule has 9 heteroatoms. The quantitative estimate of drug-likeness (QED) is 0.531. The summed E-state index contributed by atoms with van der Waals surface area (Å²) in [7, 11) is 0. The van der Waals surface area contributed by atoms with Crippen LogP contribution in [0.1, 0.15) is 85.8 Å². The van der Waals surface area contributed by atoms with E-state index in [-0.39, 0.29) is 24.2 Å². The summed E-state index contributed by atoms with van der Waals surface area (Å²) < 4.78 is 12.5. The maximum Gasteiger partial charge on any atom is 0.408 e. The molecule has 1 aliphatic carbocycles. The van der Waals surface area contributed by atoms with Gasteiger partial charge in [-0.2, -0.15) is 0 Å². The molecule has 41 heavy (non-hydrogen) atoms. The Morgan fingerprint density at radius 1 is 1.12 bits per heavy atom. The van der Waals surface area contributed by atoms with Crippen molar-refractivity contribution >= 4 is 28.8 Å². The number of hydrogen-bond donors (Lipinski definition) is 1. The first kappa shape index (κ1) is 29.3. The van der Waals surface area contributed by atoms with Gasteiger partial charge >= 0.3 is 6.09 Å². The van der Waals surface area contributed by atoms with Gasteiger partial charge in [-0.15, -0.1) is 0 Å². The molecule has 9 nitrogen and oxygen atoms in total. The molecule has 3 aliphatic rings. The predicted octanol–water partition coefficient (Wildman–Crippen LogP) is 5.24. The minimum Gasteiger partial charge on any atom is -0.471 e. The lowest BCUT2D eigenvalue weighted by Gasteiger charge is -2.35. The SMILES string of the molecule is CC[C@@H]1[C@@H]2CN(C(=O)[C@H](C(C)(C)C)NC(=O)O[C@]3(C)C[C@H]3CCCCCc3nc4ccccc4nc3O2)[C@@H]1C(C)=O. The molecule has 2 amide bonds. The van der Waals surface area contributed by atoms with Gasteiger partial charge in [0.15, 0.2) is 5.78 Å². The van der Waals surface area contributed by atoms with Crippen LogP contribution in [-0.2, 0) is 20.7 Å². The van der Waals surface area contributed by atoms with E-state index in [2.05, 4.69) is 5.32 Å². The third-order valence-corrected chi connectivity index (χ3v) is 9.16. The minimum absolute atomic E-state index is 0.101. The van der Waals surface area contributed by atoms with Crippen LogP contribution in [0.2, 0.25) is 0 Å². The number of rotatable bonds is 2. The molecule has 1 aromatic heterocycles. The van der Waals surface area contributed by atoms with Crippen LogP contribution >= 0.6 is 0 Å². The van der Waals surface area contributed by atoms with Crippen LogP contribution in [0.5, 0.6) is 5.88 Å². The number of benzene rings is 1. The highest BCUT2D eigenvalue weighted by Crippen LogP contribution is 2.49. The van der Waals surface area contributed by atoms with Crippen molar-refractivity contribution in [1.29, 1.82) is 0 Å². The van der Waals surface area contributed by atoms with Gasteiger partial charge in [-0.1, -0.05) is 52.7 Å². The first-order valence-corrected chi connectivity index (χ1v) is 15.1. The van der Waals surface area contributed by atoms with Gasteiger partial charge < -0.3 is 19.7 Å². The van der Waals surface area contributed by atoms with E-state index in [1.54, 1.807) is 4.90 Å². The van der Waals surface area contributed by atoms with Gasteiger partial charge in [0.05, 0.1) is 23.6 Å². The van der Waals surface area contributed by atoms with Gasteiger partial charge in [0.1, 0.15) is 23.4 Å². The third-order valence-electron chi connectivity index (χ3n) is 9.16. The maximum absolute atomic E-state index is 14.2. The fourth-order valence-corrected chi connectivity index (χ4v) is 6.65. The van der Waals surface area contributed by atoms with E-state index in [1.807, 2.05) is 58.9 Å². The number of nitrogens with one attached hydrogen (secondary N) is 1. The van der Waals surface area contributed by atoms with Crippen LogP contribution in [0.15, 0.2) is 24.3 Å². The molecule has 0 unspecified atom stereocenters. The van der Waals surface area contributed by atoms with Crippen molar-refractivity contribution in [3.8, 4) is 5.88 Å². The zero-order chi connectivity index (χ0) is 29.5. The summed E-state index contributed by atoms with van der Waals surface area (Å²) in [6, 6.07) is 6.23. The van der Waals surface area contributed by atoms with Crippen molar-refractivity contribution < 1.29 is 23.9 Å². The number of aryl methyl sites for hydroxylation is 1. The molecule has 2 fully saturated rings. The fraction of sp³-hybridized carbons (Fsp3) is 0.656. The molecule has 2 aliphatic heterocycles. The number of Topliss-reactive ketones (excluding diaryl/α,β-unsaturated/α-hetero) is 1. The lowest BCUT2D eigenvalue weighted by Crippen LogP contribution is -2.57. The van der Waals surface area contributed by atoms with Gasteiger partial charge in [0.2, 0.25) is 11.8 Å². The normalized spacial score (nSPS) is 31.2. The number of fused-ring (bicyclic) bond motifs is 5. The van der Waals surface area contributed by atoms with E-state index in [1.165, 1.54) is 6.92 Å². The zero-order valence-corrected chi connectivity index (χ0v) is 25.2. The lowest BCUT2D eigenvalue weighted by molar-refractivity contribution is -0.141. The second kappa shape index (κ2) is 11.2. The third kappa shape index (κ3) is 6.04. The molecule has 5 rings (SSSR count). The molecule has 0 spiro atoms. The highest BCUT2D eigenvalue weighted by Gasteiger charge is 2.54. The molecule has 2 bridgehead atoms. The smallest absolute Gasteiger partial charge is 0.408 e. The number of alkyl carbamates (subject to hydrolysis) is 1. The topological polar surface area (TPSA) is 111 Å². The highest BCUT2D eigenvalue weighted by atomic mass is 16.6. The molecule has 6 atom stereocenters. The van der Waals surface area contributed by atoms with Gasteiger partial charge in [-0.05, 0) is 63.5 Å². The maximum atomic E-state index is 14.2. The Morgan fingerprint density at radius 2 is 1.83 bits per heavy atom. The Hall–Kier alpha value is -3.23. The number of ketones is 1. The molecular formula is C32H44N4O5. The van der Waals surface area contributed by atoms with E-state index in [4.69, 9.17) is 19.4 Å². The number of aromatic nitrogens is 2. The highest BCUT2D eigenvalue weighted by molar-refractivity contribution is 5.92. The summed E-state index contributed by atoms with van der Waals surface area (Å²) in [4.78, 5) is 51.7. The Morgan fingerprint density at radius 3 is 2.49 bits per heavy atom. The van der Waals surface area contributed by atoms with Crippen LogP contribution in [0.3, 0.4) is 0 Å². The first-order valence-electron chi connectivity index (χ1n) is 15.1. The lowest BCUT2D eigenvalue weighted by atomic mass is 9.85. The van der Waals surface area contributed by atoms with E-state index in [0.717, 1.165) is 55.3 Å². The van der Waals surface area contributed by atoms with E-state index >= 15 is 0 Å². The molecule has 0 radical (unpaired) electrons. The monoisotopic (exact) mass is 564 g/mol. The molecule has 1 N–H and O–H groups in total. The Labute approximate surface area is 242 Å². The Bertz CT molecular complexity index is 1320. The van der Waals surface area contributed by atoms with Crippen molar-refractivity contribution in [2.45, 2.75) is 110 Å². The second-order valence-electron chi connectivity index (χ2n) is 13.4. The average molecular weight is 565 g/mol. The predicted molar refractivity (Wildman–Crippen MR) is 155 cm³/mol.